The highest BCUT2D eigenvalue weighted by molar-refractivity contribution is 6.30. The summed E-state index contributed by atoms with van der Waals surface area (Å²) >= 11 is 12.3. The number of benzene rings is 2. The van der Waals surface area contributed by atoms with Crippen LogP contribution in [-0.2, 0) is 19.1 Å². The molecular formula is C23H24Cl2N2O5. The van der Waals surface area contributed by atoms with Gasteiger partial charge in [-0.25, -0.2) is 0 Å². The molecule has 0 spiro atoms. The molecule has 0 radical (unpaired) electrons. The number of aliphatic carboxylic acids is 1. The first-order valence-electron chi connectivity index (χ1n) is 10.2. The number of carboxylic acids is 1. The lowest BCUT2D eigenvalue weighted by molar-refractivity contribution is -0.184. The van der Waals surface area contributed by atoms with Gasteiger partial charge in [-0.3, -0.25) is 14.4 Å². The smallest absolute Gasteiger partial charge is 0.306 e. The standard InChI is InChI=1S/C23H24Cl2N2O5/c1-2-4-17(22(26)30)27-20(13-7-9-15(24)10-8-13)21(14-5-3-6-16(25)11-14)32-18(23(27)31)12-19(28)29/h3,5-11,17-18,20-21H,2,4,12H2,1H3,(H2,26,30)(H,28,29)/t17-,18-,20+,21-/m0/s1. The molecule has 1 fully saturated rings. The topological polar surface area (TPSA) is 110 Å². The summed E-state index contributed by atoms with van der Waals surface area (Å²) in [5.74, 6) is -2.45. The van der Waals surface area contributed by atoms with Crippen LogP contribution in [0.2, 0.25) is 10.0 Å². The molecule has 32 heavy (non-hydrogen) atoms. The van der Waals surface area contributed by atoms with Crippen molar-refractivity contribution in [2.24, 2.45) is 5.73 Å². The van der Waals surface area contributed by atoms with Crippen molar-refractivity contribution in [1.82, 2.24) is 4.90 Å². The first-order valence-corrected chi connectivity index (χ1v) is 11.0. The average molecular weight is 479 g/mol. The third kappa shape index (κ3) is 5.23. The van der Waals surface area contributed by atoms with Crippen LogP contribution in [0, 0.1) is 0 Å². The van der Waals surface area contributed by atoms with Crippen molar-refractivity contribution in [3.05, 3.63) is 69.7 Å². The number of carbonyl (C=O) groups is 3. The van der Waals surface area contributed by atoms with Gasteiger partial charge < -0.3 is 20.5 Å². The predicted octanol–water partition coefficient (Wildman–Crippen LogP) is 4.13. The number of halogens is 2. The molecule has 0 unspecified atom stereocenters. The van der Waals surface area contributed by atoms with E-state index in [0.29, 0.717) is 34.0 Å². The number of hydrogen-bond acceptors (Lipinski definition) is 4. The van der Waals surface area contributed by atoms with Crippen LogP contribution in [0.25, 0.3) is 0 Å². The largest absolute Gasteiger partial charge is 0.481 e. The molecule has 0 aromatic heterocycles. The van der Waals surface area contributed by atoms with Crippen LogP contribution in [0.15, 0.2) is 48.5 Å². The lowest BCUT2D eigenvalue weighted by Gasteiger charge is -2.47. The summed E-state index contributed by atoms with van der Waals surface area (Å²) in [5.41, 5.74) is 7.02. The molecule has 2 amide bonds. The van der Waals surface area contributed by atoms with Crippen molar-refractivity contribution >= 4 is 41.0 Å². The lowest BCUT2D eigenvalue weighted by atomic mass is 9.89. The summed E-state index contributed by atoms with van der Waals surface area (Å²) < 4.78 is 6.07. The number of amides is 2. The number of ether oxygens (including phenoxy) is 1. The maximum absolute atomic E-state index is 13.5. The Hall–Kier alpha value is -2.61. The van der Waals surface area contributed by atoms with E-state index in [0.717, 1.165) is 0 Å². The summed E-state index contributed by atoms with van der Waals surface area (Å²) in [7, 11) is 0. The molecule has 1 heterocycles. The maximum atomic E-state index is 13.5. The number of morpholine rings is 1. The first kappa shape index (κ1) is 24.0. The van der Waals surface area contributed by atoms with Gasteiger partial charge in [0.15, 0.2) is 0 Å². The molecule has 3 rings (SSSR count). The Labute approximate surface area is 196 Å². The minimum Gasteiger partial charge on any atom is -0.481 e. The minimum absolute atomic E-state index is 0.327. The fraction of sp³-hybridized carbons (Fsp3) is 0.348. The summed E-state index contributed by atoms with van der Waals surface area (Å²) in [4.78, 5) is 38.7. The second-order valence-electron chi connectivity index (χ2n) is 7.65. The fourth-order valence-electron chi connectivity index (χ4n) is 4.03. The number of primary amides is 1. The highest BCUT2D eigenvalue weighted by Crippen LogP contribution is 2.44. The highest BCUT2D eigenvalue weighted by Gasteiger charge is 2.48. The molecule has 7 nitrogen and oxygen atoms in total. The van der Waals surface area contributed by atoms with Crippen LogP contribution in [0.5, 0.6) is 0 Å². The Morgan fingerprint density at radius 1 is 1.12 bits per heavy atom. The van der Waals surface area contributed by atoms with Crippen molar-refractivity contribution in [3.63, 3.8) is 0 Å². The second kappa shape index (κ2) is 10.3. The van der Waals surface area contributed by atoms with Gasteiger partial charge in [-0.2, -0.15) is 0 Å². The van der Waals surface area contributed by atoms with E-state index < -0.39 is 48.5 Å². The summed E-state index contributed by atoms with van der Waals surface area (Å²) in [5, 5.41) is 10.3. The zero-order chi connectivity index (χ0) is 23.4. The normalized spacial score (nSPS) is 21.9. The number of carbonyl (C=O) groups excluding carboxylic acids is 2. The molecule has 1 aliphatic heterocycles. The molecule has 3 N–H and O–H groups in total. The third-order valence-electron chi connectivity index (χ3n) is 5.40. The Kier molecular flexibility index (Phi) is 7.77. The molecular weight excluding hydrogens is 455 g/mol. The summed E-state index contributed by atoms with van der Waals surface area (Å²) in [6.07, 6.45) is -1.68. The zero-order valence-corrected chi connectivity index (χ0v) is 18.9. The third-order valence-corrected chi connectivity index (χ3v) is 5.89. The van der Waals surface area contributed by atoms with E-state index in [-0.39, 0.29) is 0 Å². The van der Waals surface area contributed by atoms with Gasteiger partial charge in [-0.05, 0) is 41.8 Å². The summed E-state index contributed by atoms with van der Waals surface area (Å²) in [6.45, 7) is 1.88. The van der Waals surface area contributed by atoms with Crippen LogP contribution in [0.1, 0.15) is 49.5 Å². The minimum atomic E-state index is -1.28. The second-order valence-corrected chi connectivity index (χ2v) is 8.52. The Bertz CT molecular complexity index is 998. The molecule has 0 aliphatic carbocycles. The number of rotatable bonds is 8. The van der Waals surface area contributed by atoms with Crippen molar-refractivity contribution in [3.8, 4) is 0 Å². The number of nitrogens with two attached hydrogens (primary N) is 1. The van der Waals surface area contributed by atoms with Gasteiger partial charge in [0.2, 0.25) is 5.91 Å². The van der Waals surface area contributed by atoms with Crippen molar-refractivity contribution in [2.45, 2.75) is 50.5 Å². The van der Waals surface area contributed by atoms with E-state index in [1.54, 1.807) is 48.5 Å². The molecule has 2 aromatic rings. The van der Waals surface area contributed by atoms with E-state index in [1.807, 2.05) is 6.92 Å². The van der Waals surface area contributed by atoms with Gasteiger partial charge in [0.1, 0.15) is 18.2 Å². The van der Waals surface area contributed by atoms with Gasteiger partial charge in [0.05, 0.1) is 12.5 Å². The molecule has 9 heteroatoms. The van der Waals surface area contributed by atoms with E-state index >= 15 is 0 Å². The first-order chi connectivity index (χ1) is 15.2. The van der Waals surface area contributed by atoms with Crippen molar-refractivity contribution in [1.29, 1.82) is 0 Å². The van der Waals surface area contributed by atoms with E-state index in [2.05, 4.69) is 0 Å². The monoisotopic (exact) mass is 478 g/mol. The van der Waals surface area contributed by atoms with Gasteiger partial charge in [0.25, 0.3) is 5.91 Å². The van der Waals surface area contributed by atoms with Gasteiger partial charge >= 0.3 is 5.97 Å². The summed E-state index contributed by atoms with van der Waals surface area (Å²) in [6, 6.07) is 12.1. The lowest BCUT2D eigenvalue weighted by Crippen LogP contribution is -2.58. The average Bonchev–Trinajstić information content (AvgIpc) is 2.73. The Balaban J connectivity index is 2.20. The van der Waals surface area contributed by atoms with Crippen LogP contribution in [0.3, 0.4) is 0 Å². The Morgan fingerprint density at radius 2 is 1.81 bits per heavy atom. The van der Waals surface area contributed by atoms with E-state index in [4.69, 9.17) is 33.7 Å². The molecule has 2 aromatic carbocycles. The van der Waals surface area contributed by atoms with Crippen molar-refractivity contribution in [2.75, 3.05) is 0 Å². The van der Waals surface area contributed by atoms with Crippen molar-refractivity contribution < 1.29 is 24.2 Å². The van der Waals surface area contributed by atoms with Crippen LogP contribution < -0.4 is 5.73 Å². The molecule has 170 valence electrons. The van der Waals surface area contributed by atoms with E-state index in [9.17, 15) is 19.5 Å². The van der Waals surface area contributed by atoms with Crippen LogP contribution in [0.4, 0.5) is 0 Å². The number of nitrogens with zero attached hydrogens (tertiary/aromatic N) is 1. The quantitative estimate of drug-likeness (QED) is 0.592. The van der Waals surface area contributed by atoms with Crippen LogP contribution >= 0.6 is 23.2 Å². The number of hydrogen-bond donors (Lipinski definition) is 2. The van der Waals surface area contributed by atoms with Gasteiger partial charge in [-0.15, -0.1) is 0 Å². The number of carboxylic acid groups (broad SMARTS) is 1. The van der Waals surface area contributed by atoms with Gasteiger partial charge in [0, 0.05) is 10.0 Å². The molecule has 0 bridgehead atoms. The highest BCUT2D eigenvalue weighted by atomic mass is 35.5. The Morgan fingerprint density at radius 3 is 2.38 bits per heavy atom. The fourth-order valence-corrected chi connectivity index (χ4v) is 4.36. The maximum Gasteiger partial charge on any atom is 0.306 e. The van der Waals surface area contributed by atoms with Crippen LogP contribution in [-0.4, -0.2) is 39.9 Å². The molecule has 1 saturated heterocycles. The van der Waals surface area contributed by atoms with Gasteiger partial charge in [-0.1, -0.05) is 60.8 Å². The predicted molar refractivity (Wildman–Crippen MR) is 120 cm³/mol. The molecule has 1 aliphatic rings. The molecule has 4 atom stereocenters. The van der Waals surface area contributed by atoms with E-state index in [1.165, 1.54) is 4.90 Å². The zero-order valence-electron chi connectivity index (χ0n) is 17.4. The SMILES string of the molecule is CCC[C@@H](C(N)=O)N1C(=O)[C@H](CC(=O)O)O[C@@H](c2cccc(Cl)c2)[C@H]1c1ccc(Cl)cc1. The molecule has 0 saturated carbocycles.